The molecule has 2 bridgehead atoms. The summed E-state index contributed by atoms with van der Waals surface area (Å²) in [7, 11) is 0. The van der Waals surface area contributed by atoms with Gasteiger partial charge in [0.25, 0.3) is 0 Å². The van der Waals surface area contributed by atoms with Crippen molar-refractivity contribution in [1.82, 2.24) is 10.3 Å². The summed E-state index contributed by atoms with van der Waals surface area (Å²) < 4.78 is 16.3. The number of rotatable bonds is 9. The average Bonchev–Trinajstić information content (AvgIpc) is 3.42. The first kappa shape index (κ1) is 21.4. The molecule has 11 nitrogen and oxygen atoms in total. The molecule has 2 aliphatic rings. The highest BCUT2D eigenvalue weighted by atomic mass is 16.7. The number of carboxylic acid groups (broad SMARTS) is 1. The van der Waals surface area contributed by atoms with Crippen LogP contribution in [0.3, 0.4) is 0 Å². The number of benzene rings is 1. The van der Waals surface area contributed by atoms with Crippen LogP contribution in [0.4, 0.5) is 4.79 Å². The number of nitrogens with one attached hydrogen (secondary N) is 2. The van der Waals surface area contributed by atoms with Gasteiger partial charge in [0.15, 0.2) is 11.7 Å². The zero-order valence-corrected chi connectivity index (χ0v) is 16.6. The Bertz CT molecular complexity index is 1080. The van der Waals surface area contributed by atoms with Crippen LogP contribution in [-0.2, 0) is 36.2 Å². The van der Waals surface area contributed by atoms with E-state index in [0.717, 1.165) is 5.56 Å². The fraction of sp³-hybridized carbons (Fsp3) is 0.286. The Hall–Kier alpha value is -3.83. The summed E-state index contributed by atoms with van der Waals surface area (Å²) in [4.78, 5) is 38.3. The number of carbonyl (C=O) groups is 3. The Labute approximate surface area is 181 Å². The predicted molar refractivity (Wildman–Crippen MR) is 106 cm³/mol. The van der Waals surface area contributed by atoms with Gasteiger partial charge < -0.3 is 34.8 Å². The minimum atomic E-state index is -1.61. The fourth-order valence-corrected chi connectivity index (χ4v) is 3.66. The third-order valence-corrected chi connectivity index (χ3v) is 5.12. The second kappa shape index (κ2) is 8.36. The number of aromatic amines is 1. The number of alkyl carbamates (subject to hydrolysis) is 1. The second-order valence-electron chi connectivity index (χ2n) is 7.29. The molecule has 11 heteroatoms. The van der Waals surface area contributed by atoms with Gasteiger partial charge in [-0.25, -0.2) is 4.79 Å². The molecule has 1 aromatic carbocycles. The van der Waals surface area contributed by atoms with Gasteiger partial charge in [0, 0.05) is 0 Å². The van der Waals surface area contributed by atoms with E-state index >= 15 is 0 Å². The summed E-state index contributed by atoms with van der Waals surface area (Å²) in [5, 5.41) is 31.3. The lowest BCUT2D eigenvalue weighted by Crippen LogP contribution is -2.45. The Kier molecular flexibility index (Phi) is 5.59. The molecule has 0 saturated carbocycles. The lowest BCUT2D eigenvalue weighted by molar-refractivity contribution is -0.203. The maximum absolute atomic E-state index is 12.7. The van der Waals surface area contributed by atoms with Crippen LogP contribution in [0.2, 0.25) is 0 Å². The highest BCUT2D eigenvalue weighted by Crippen LogP contribution is 2.57. The van der Waals surface area contributed by atoms with Crippen LogP contribution in [0.25, 0.3) is 0 Å². The molecule has 0 radical (unpaired) electrons. The zero-order chi connectivity index (χ0) is 22.9. The van der Waals surface area contributed by atoms with Gasteiger partial charge in [-0.3, -0.25) is 14.6 Å². The van der Waals surface area contributed by atoms with E-state index in [0.29, 0.717) is 5.56 Å². The third-order valence-electron chi connectivity index (χ3n) is 5.12. The predicted octanol–water partition coefficient (Wildman–Crippen LogP) is 1.58. The van der Waals surface area contributed by atoms with Crippen LogP contribution < -0.4 is 5.32 Å². The summed E-state index contributed by atoms with van der Waals surface area (Å²) in [5.41, 5.74) is 1.15. The largest absolute Gasteiger partial charge is 0.494 e. The van der Waals surface area contributed by atoms with Gasteiger partial charge in [-0.2, -0.15) is 0 Å². The number of aromatic nitrogens is 1. The van der Waals surface area contributed by atoms with Crippen molar-refractivity contribution in [1.29, 1.82) is 0 Å². The molecule has 0 saturated heterocycles. The van der Waals surface area contributed by atoms with Crippen molar-refractivity contribution in [3.8, 4) is 11.8 Å². The number of aliphatic carboxylic acids is 1. The third kappa shape index (κ3) is 4.03. The van der Waals surface area contributed by atoms with Gasteiger partial charge in [-0.15, -0.1) is 0 Å². The lowest BCUT2D eigenvalue weighted by atomic mass is 9.98. The van der Waals surface area contributed by atoms with E-state index in [1.807, 2.05) is 0 Å². The number of aromatic hydroxyl groups is 2. The van der Waals surface area contributed by atoms with Crippen LogP contribution in [0.5, 0.6) is 11.8 Å². The summed E-state index contributed by atoms with van der Waals surface area (Å²) in [5.74, 6) is -4.32. The number of amides is 1. The first-order valence-electron chi connectivity index (χ1n) is 9.66. The van der Waals surface area contributed by atoms with Gasteiger partial charge in [0.05, 0.1) is 17.5 Å². The molecule has 0 spiro atoms. The Balaban J connectivity index is 1.39. The molecule has 2 aromatic rings. The van der Waals surface area contributed by atoms with Crippen LogP contribution >= 0.6 is 0 Å². The van der Waals surface area contributed by atoms with E-state index in [4.69, 9.17) is 19.3 Å². The molecule has 2 aliphatic heterocycles. The molecule has 5 N–H and O–H groups in total. The molecule has 3 atom stereocenters. The van der Waals surface area contributed by atoms with Crippen molar-refractivity contribution in [2.24, 2.45) is 0 Å². The summed E-state index contributed by atoms with van der Waals surface area (Å²) >= 11 is 0. The Morgan fingerprint density at radius 2 is 1.94 bits per heavy atom. The van der Waals surface area contributed by atoms with E-state index in [1.165, 1.54) is 6.08 Å². The maximum Gasteiger partial charge on any atom is 0.408 e. The normalized spacial score (nSPS) is 21.2. The molecule has 168 valence electrons. The minimum absolute atomic E-state index is 0.0562. The first-order valence-corrected chi connectivity index (χ1v) is 9.66. The quantitative estimate of drug-likeness (QED) is 0.361. The Morgan fingerprint density at radius 3 is 2.66 bits per heavy atom. The van der Waals surface area contributed by atoms with Crippen molar-refractivity contribution < 1.29 is 43.9 Å². The van der Waals surface area contributed by atoms with Crippen molar-refractivity contribution in [2.45, 2.75) is 31.0 Å². The summed E-state index contributed by atoms with van der Waals surface area (Å²) in [6, 6.07) is 7.41. The molecular weight excluding hydrogens is 424 g/mol. The monoisotopic (exact) mass is 444 g/mol. The number of ether oxygens (including phenoxy) is 3. The number of ketones is 1. The van der Waals surface area contributed by atoms with Crippen LogP contribution in [0.1, 0.15) is 29.2 Å². The van der Waals surface area contributed by atoms with Crippen molar-refractivity contribution in [2.75, 3.05) is 6.61 Å². The highest BCUT2D eigenvalue weighted by Gasteiger charge is 2.53. The molecule has 4 rings (SSSR count). The smallest absolute Gasteiger partial charge is 0.408 e. The molecule has 0 fully saturated rings. The van der Waals surface area contributed by atoms with Crippen molar-refractivity contribution in [3.05, 3.63) is 59.2 Å². The van der Waals surface area contributed by atoms with Crippen LogP contribution in [0.15, 0.2) is 42.5 Å². The van der Waals surface area contributed by atoms with E-state index in [1.54, 1.807) is 36.4 Å². The van der Waals surface area contributed by atoms with Gasteiger partial charge in [-0.1, -0.05) is 30.3 Å². The number of H-pyrrole nitrogens is 1. The number of carbonyl (C=O) groups excluding carboxylic acids is 2. The average molecular weight is 444 g/mol. The second-order valence-corrected chi connectivity index (χ2v) is 7.29. The summed E-state index contributed by atoms with van der Waals surface area (Å²) in [6.45, 7) is -0.696. The number of fused-ring (bicyclic) bond motifs is 5. The maximum atomic E-state index is 12.7. The minimum Gasteiger partial charge on any atom is -0.494 e. The van der Waals surface area contributed by atoms with Gasteiger partial charge in [0.2, 0.25) is 11.7 Å². The van der Waals surface area contributed by atoms with Crippen LogP contribution in [0, 0.1) is 0 Å². The summed E-state index contributed by atoms with van der Waals surface area (Å²) in [6.07, 6.45) is 0.760. The van der Waals surface area contributed by atoms with E-state index in [9.17, 15) is 24.6 Å². The Morgan fingerprint density at radius 1 is 1.19 bits per heavy atom. The molecule has 1 amide bonds. The fourth-order valence-electron chi connectivity index (χ4n) is 3.66. The highest BCUT2D eigenvalue weighted by molar-refractivity contribution is 5.91. The molecule has 0 aliphatic carbocycles. The van der Waals surface area contributed by atoms with E-state index in [-0.39, 0.29) is 23.9 Å². The number of carboxylic acids is 1. The first-order chi connectivity index (χ1) is 15.3. The van der Waals surface area contributed by atoms with Gasteiger partial charge in [0.1, 0.15) is 25.4 Å². The van der Waals surface area contributed by atoms with Crippen molar-refractivity contribution >= 4 is 17.8 Å². The van der Waals surface area contributed by atoms with E-state index < -0.39 is 48.8 Å². The number of Topliss-reactive ketones (excluding diaryl/α,β-unsaturated/α-hetero) is 1. The molecule has 32 heavy (non-hydrogen) atoms. The molecular formula is C21H20N2O9. The zero-order valence-electron chi connectivity index (χ0n) is 16.6. The van der Waals surface area contributed by atoms with E-state index in [2.05, 4.69) is 10.3 Å². The van der Waals surface area contributed by atoms with Gasteiger partial charge >= 0.3 is 12.1 Å². The van der Waals surface area contributed by atoms with Gasteiger partial charge in [-0.05, 0) is 17.7 Å². The molecule has 3 heterocycles. The molecule has 1 aromatic heterocycles. The topological polar surface area (TPSA) is 167 Å². The lowest BCUT2D eigenvalue weighted by Gasteiger charge is -2.24. The van der Waals surface area contributed by atoms with Crippen molar-refractivity contribution in [3.63, 3.8) is 0 Å². The van der Waals surface area contributed by atoms with Crippen LogP contribution in [-0.4, -0.2) is 50.8 Å². The standard InChI is InChI=1S/C21H20N2O9/c24-13(10-31-21-7-6-14(32-21)16-17(21)19(28)23-18(16)27)12(8-15(25)26)22-20(29)30-9-11-4-2-1-3-5-11/h1-7,12,14,23,27-28H,8-10H2,(H,22,29)(H,25,26). The SMILES string of the molecule is O=C(O)CC(NC(=O)OCc1ccccc1)C(=O)COC12C=CC(O1)c1c(O)[nH]c(O)c12. The number of hydrogen-bond donors (Lipinski definition) is 5. The number of hydrogen-bond acceptors (Lipinski definition) is 8. The molecule has 3 unspecified atom stereocenters.